The molecule has 1 aromatic rings. The molecule has 4 aliphatic rings. The monoisotopic (exact) mass is 418 g/mol. The van der Waals surface area contributed by atoms with Gasteiger partial charge in [0.05, 0.1) is 5.41 Å². The Balaban J connectivity index is 1.68. The molecular formula is C21H30N4O3S. The van der Waals surface area contributed by atoms with Crippen LogP contribution in [-0.4, -0.2) is 26.4 Å². The summed E-state index contributed by atoms with van der Waals surface area (Å²) >= 11 is 5.66. The number of anilines is 2. The standard InChI is InChI=1S/C21H30N4O3S/c1-3-5-13-25-16(26)14-15(24(12-4-2)19(25)29)23-17(22-14)20-6-9-21(10-7-20,11-8-20)18(27)28/h3,17,22-23H,1,4-13H2,2H3,(H,27,28). The van der Waals surface area contributed by atoms with Crippen LogP contribution in [0.25, 0.3) is 0 Å². The van der Waals surface area contributed by atoms with Crippen molar-refractivity contribution in [2.24, 2.45) is 10.8 Å². The molecule has 3 aliphatic carbocycles. The summed E-state index contributed by atoms with van der Waals surface area (Å²) in [5.41, 5.74) is -0.0610. The Morgan fingerprint density at radius 1 is 1.21 bits per heavy atom. The van der Waals surface area contributed by atoms with Gasteiger partial charge in [-0.05, 0) is 63.6 Å². The van der Waals surface area contributed by atoms with Crippen LogP contribution >= 0.6 is 12.2 Å². The van der Waals surface area contributed by atoms with E-state index in [1.54, 1.807) is 10.6 Å². The number of aliphatic carboxylic acids is 1. The van der Waals surface area contributed by atoms with Crippen molar-refractivity contribution in [2.45, 2.75) is 77.5 Å². The third-order valence-electron chi connectivity index (χ3n) is 7.37. The minimum absolute atomic E-state index is 0.0275. The highest BCUT2D eigenvalue weighted by Crippen LogP contribution is 2.59. The van der Waals surface area contributed by atoms with Crippen LogP contribution in [-0.2, 0) is 17.9 Å². The number of rotatable bonds is 7. The summed E-state index contributed by atoms with van der Waals surface area (Å²) in [7, 11) is 0. The molecule has 0 saturated heterocycles. The number of carboxylic acid groups (broad SMARTS) is 1. The summed E-state index contributed by atoms with van der Waals surface area (Å²) in [6.07, 6.45) is 8.04. The van der Waals surface area contributed by atoms with Gasteiger partial charge in [-0.15, -0.1) is 6.58 Å². The normalized spacial score (nSPS) is 29.8. The third kappa shape index (κ3) is 3.03. The lowest BCUT2D eigenvalue weighted by atomic mass is 9.52. The minimum Gasteiger partial charge on any atom is -0.481 e. The molecule has 3 saturated carbocycles. The van der Waals surface area contributed by atoms with Crippen molar-refractivity contribution in [3.8, 4) is 0 Å². The molecular weight excluding hydrogens is 388 g/mol. The number of hydrogen-bond acceptors (Lipinski definition) is 5. The first-order valence-electron chi connectivity index (χ1n) is 10.6. The maximum Gasteiger partial charge on any atom is 0.309 e. The van der Waals surface area contributed by atoms with Crippen molar-refractivity contribution >= 4 is 29.7 Å². The van der Waals surface area contributed by atoms with Gasteiger partial charge in [0.15, 0.2) is 4.77 Å². The summed E-state index contributed by atoms with van der Waals surface area (Å²) in [4.78, 5) is 24.9. The summed E-state index contributed by atoms with van der Waals surface area (Å²) in [6, 6.07) is 0. The van der Waals surface area contributed by atoms with E-state index in [4.69, 9.17) is 12.2 Å². The van der Waals surface area contributed by atoms with Crippen LogP contribution < -0.4 is 16.2 Å². The van der Waals surface area contributed by atoms with E-state index < -0.39 is 11.4 Å². The Morgan fingerprint density at radius 3 is 2.41 bits per heavy atom. The first-order valence-corrected chi connectivity index (χ1v) is 11.0. The van der Waals surface area contributed by atoms with Crippen LogP contribution in [0.4, 0.5) is 11.5 Å². The molecule has 0 spiro atoms. The van der Waals surface area contributed by atoms with E-state index in [0.29, 0.717) is 42.7 Å². The van der Waals surface area contributed by atoms with Gasteiger partial charge in [-0.1, -0.05) is 13.0 Å². The molecule has 7 nitrogen and oxygen atoms in total. The number of allylic oxidation sites excluding steroid dienone is 1. The first kappa shape index (κ1) is 20.2. The summed E-state index contributed by atoms with van der Waals surface area (Å²) in [6.45, 7) is 7.12. The lowest BCUT2D eigenvalue weighted by Gasteiger charge is -2.53. The van der Waals surface area contributed by atoms with E-state index in [2.05, 4.69) is 24.1 Å². The van der Waals surface area contributed by atoms with Gasteiger partial charge in [-0.2, -0.15) is 0 Å². The van der Waals surface area contributed by atoms with E-state index in [1.165, 1.54) is 0 Å². The number of fused-ring (bicyclic) bond motifs is 4. The van der Waals surface area contributed by atoms with Gasteiger partial charge in [0.2, 0.25) is 0 Å². The molecule has 0 amide bonds. The van der Waals surface area contributed by atoms with Crippen molar-refractivity contribution in [2.75, 3.05) is 10.6 Å². The van der Waals surface area contributed by atoms with Crippen molar-refractivity contribution < 1.29 is 9.90 Å². The van der Waals surface area contributed by atoms with Gasteiger partial charge < -0.3 is 20.3 Å². The predicted octanol–water partition coefficient (Wildman–Crippen LogP) is 3.95. The zero-order chi connectivity index (χ0) is 20.8. The van der Waals surface area contributed by atoms with Crippen molar-refractivity contribution in [3.63, 3.8) is 0 Å². The molecule has 8 heteroatoms. The fraction of sp³-hybridized carbons (Fsp3) is 0.667. The fourth-order valence-electron chi connectivity index (χ4n) is 5.42. The van der Waals surface area contributed by atoms with Crippen LogP contribution in [0.1, 0.15) is 58.3 Å². The molecule has 1 atom stereocenters. The molecule has 0 radical (unpaired) electrons. The fourth-order valence-corrected chi connectivity index (χ4v) is 5.78. The SMILES string of the molecule is C=CCCn1c(=O)c2c(n(CCC)c1=S)NC(C13CCC(C(=O)O)(CC1)CC3)N2. The Bertz CT molecular complexity index is 939. The van der Waals surface area contributed by atoms with Crippen LogP contribution in [0.15, 0.2) is 17.4 Å². The molecule has 1 unspecified atom stereocenters. The van der Waals surface area contributed by atoms with Crippen LogP contribution in [0.3, 0.4) is 0 Å². The van der Waals surface area contributed by atoms with E-state index in [1.807, 2.05) is 4.57 Å². The van der Waals surface area contributed by atoms with Gasteiger partial charge in [0.1, 0.15) is 17.7 Å². The second-order valence-corrected chi connectivity index (χ2v) is 9.23. The van der Waals surface area contributed by atoms with Crippen LogP contribution in [0.2, 0.25) is 0 Å². The van der Waals surface area contributed by atoms with E-state index in [9.17, 15) is 14.7 Å². The largest absolute Gasteiger partial charge is 0.481 e. The Hall–Kier alpha value is -2.09. The molecule has 3 N–H and O–H groups in total. The molecule has 2 bridgehead atoms. The number of nitrogens with zero attached hydrogens (tertiary/aromatic N) is 2. The molecule has 1 aromatic heterocycles. The van der Waals surface area contributed by atoms with Crippen molar-refractivity contribution in [3.05, 3.63) is 27.8 Å². The maximum atomic E-state index is 13.2. The average molecular weight is 419 g/mol. The molecule has 29 heavy (non-hydrogen) atoms. The second-order valence-electron chi connectivity index (χ2n) is 8.86. The highest BCUT2D eigenvalue weighted by Gasteiger charge is 2.56. The van der Waals surface area contributed by atoms with Crippen LogP contribution in [0, 0.1) is 15.6 Å². The molecule has 0 aromatic carbocycles. The Labute approximate surface area is 175 Å². The second kappa shape index (κ2) is 7.31. The topological polar surface area (TPSA) is 88.3 Å². The minimum atomic E-state index is -0.650. The number of carboxylic acids is 1. The van der Waals surface area contributed by atoms with E-state index in [-0.39, 0.29) is 17.1 Å². The smallest absolute Gasteiger partial charge is 0.309 e. The average Bonchev–Trinajstić information content (AvgIpc) is 3.19. The molecule has 5 rings (SSSR count). The summed E-state index contributed by atoms with van der Waals surface area (Å²) in [5, 5.41) is 16.7. The van der Waals surface area contributed by atoms with E-state index in [0.717, 1.165) is 38.0 Å². The Kier molecular flexibility index (Phi) is 5.09. The lowest BCUT2D eigenvalue weighted by Crippen LogP contribution is -2.54. The summed E-state index contributed by atoms with van der Waals surface area (Å²) in [5.74, 6) is 0.139. The zero-order valence-corrected chi connectivity index (χ0v) is 17.8. The number of hydrogen-bond donors (Lipinski definition) is 3. The van der Waals surface area contributed by atoms with Crippen LogP contribution in [0.5, 0.6) is 0 Å². The highest BCUT2D eigenvalue weighted by molar-refractivity contribution is 7.71. The van der Waals surface area contributed by atoms with E-state index >= 15 is 0 Å². The molecule has 3 fully saturated rings. The molecule has 2 heterocycles. The third-order valence-corrected chi connectivity index (χ3v) is 7.81. The van der Waals surface area contributed by atoms with Gasteiger partial charge in [-0.3, -0.25) is 14.2 Å². The zero-order valence-electron chi connectivity index (χ0n) is 17.0. The predicted molar refractivity (Wildman–Crippen MR) is 116 cm³/mol. The quantitative estimate of drug-likeness (QED) is 0.459. The summed E-state index contributed by atoms with van der Waals surface area (Å²) < 4.78 is 4.24. The maximum absolute atomic E-state index is 13.2. The number of aromatic nitrogens is 2. The number of nitrogens with one attached hydrogen (secondary N) is 2. The van der Waals surface area contributed by atoms with Gasteiger partial charge in [-0.25, -0.2) is 0 Å². The lowest BCUT2D eigenvalue weighted by molar-refractivity contribution is -0.159. The number of carbonyl (C=O) groups is 1. The van der Waals surface area contributed by atoms with Gasteiger partial charge >= 0.3 is 5.97 Å². The van der Waals surface area contributed by atoms with Gasteiger partial charge in [0, 0.05) is 18.5 Å². The van der Waals surface area contributed by atoms with Gasteiger partial charge in [0.25, 0.3) is 5.56 Å². The molecule has 1 aliphatic heterocycles. The van der Waals surface area contributed by atoms with Crippen molar-refractivity contribution in [1.29, 1.82) is 0 Å². The highest BCUT2D eigenvalue weighted by atomic mass is 32.1. The Morgan fingerprint density at radius 2 is 1.86 bits per heavy atom. The first-order chi connectivity index (χ1) is 13.9. The van der Waals surface area contributed by atoms with Crippen molar-refractivity contribution in [1.82, 2.24) is 9.13 Å². The molecule has 158 valence electrons.